The molecule has 2 atom stereocenters. The zero-order valence-electron chi connectivity index (χ0n) is 9.29. The van der Waals surface area contributed by atoms with Crippen molar-refractivity contribution in [3.05, 3.63) is 0 Å². The highest BCUT2D eigenvalue weighted by Crippen LogP contribution is 2.25. The van der Waals surface area contributed by atoms with Crippen LogP contribution in [-0.2, 0) is 9.47 Å². The SMILES string of the molecule is CC(C)OC(=O)OC1CCC[C@H](C)C1. The molecule has 82 valence electrons. The Hall–Kier alpha value is -0.730. The molecule has 14 heavy (non-hydrogen) atoms. The van der Waals surface area contributed by atoms with Crippen LogP contribution in [0.4, 0.5) is 4.79 Å². The highest BCUT2D eigenvalue weighted by atomic mass is 16.7. The fourth-order valence-corrected chi connectivity index (χ4v) is 1.84. The zero-order valence-corrected chi connectivity index (χ0v) is 9.29. The van der Waals surface area contributed by atoms with Crippen LogP contribution in [0, 0.1) is 5.92 Å². The third kappa shape index (κ3) is 3.99. The van der Waals surface area contributed by atoms with Crippen molar-refractivity contribution in [2.45, 2.75) is 58.7 Å². The van der Waals surface area contributed by atoms with Crippen molar-refractivity contribution in [3.8, 4) is 0 Å². The van der Waals surface area contributed by atoms with Crippen molar-refractivity contribution in [3.63, 3.8) is 0 Å². The maximum Gasteiger partial charge on any atom is 0.508 e. The minimum Gasteiger partial charge on any atom is -0.432 e. The molecule has 0 N–H and O–H groups in total. The summed E-state index contributed by atoms with van der Waals surface area (Å²) in [7, 11) is 0. The molecule has 0 saturated heterocycles. The molecule has 0 aromatic heterocycles. The second kappa shape index (κ2) is 5.23. The molecular weight excluding hydrogens is 180 g/mol. The van der Waals surface area contributed by atoms with Gasteiger partial charge in [-0.15, -0.1) is 0 Å². The number of rotatable bonds is 2. The van der Waals surface area contributed by atoms with Crippen molar-refractivity contribution < 1.29 is 14.3 Å². The Balaban J connectivity index is 2.25. The van der Waals surface area contributed by atoms with Gasteiger partial charge in [-0.25, -0.2) is 4.79 Å². The fraction of sp³-hybridized carbons (Fsp3) is 0.909. The van der Waals surface area contributed by atoms with Gasteiger partial charge >= 0.3 is 6.16 Å². The number of hydrogen-bond donors (Lipinski definition) is 0. The van der Waals surface area contributed by atoms with Crippen LogP contribution in [0.1, 0.15) is 46.5 Å². The molecule has 0 radical (unpaired) electrons. The summed E-state index contributed by atoms with van der Waals surface area (Å²) < 4.78 is 10.1. The van der Waals surface area contributed by atoms with Gasteiger partial charge in [0.25, 0.3) is 0 Å². The van der Waals surface area contributed by atoms with Crippen LogP contribution in [0.2, 0.25) is 0 Å². The number of carbonyl (C=O) groups excluding carboxylic acids is 1. The average molecular weight is 200 g/mol. The first kappa shape index (κ1) is 11.3. The average Bonchev–Trinajstić information content (AvgIpc) is 2.01. The van der Waals surface area contributed by atoms with Crippen LogP contribution >= 0.6 is 0 Å². The summed E-state index contributed by atoms with van der Waals surface area (Å²) in [4.78, 5) is 11.2. The van der Waals surface area contributed by atoms with E-state index in [4.69, 9.17) is 9.47 Å². The monoisotopic (exact) mass is 200 g/mol. The molecule has 0 amide bonds. The standard InChI is InChI=1S/C11H20O3/c1-8(2)13-11(12)14-10-6-4-5-9(3)7-10/h8-10H,4-7H2,1-3H3/t9-,10?/m0/s1. The zero-order chi connectivity index (χ0) is 10.6. The van der Waals surface area contributed by atoms with Crippen LogP contribution in [0.5, 0.6) is 0 Å². The number of hydrogen-bond acceptors (Lipinski definition) is 3. The summed E-state index contributed by atoms with van der Waals surface area (Å²) in [6, 6.07) is 0. The van der Waals surface area contributed by atoms with Gasteiger partial charge in [0, 0.05) is 0 Å². The molecule has 1 fully saturated rings. The van der Waals surface area contributed by atoms with Gasteiger partial charge in [0.05, 0.1) is 6.10 Å². The van der Waals surface area contributed by atoms with Gasteiger partial charge in [-0.05, 0) is 39.0 Å². The largest absolute Gasteiger partial charge is 0.508 e. The molecule has 0 aromatic rings. The molecule has 0 heterocycles. The van der Waals surface area contributed by atoms with Gasteiger partial charge in [-0.1, -0.05) is 13.3 Å². The lowest BCUT2D eigenvalue weighted by atomic mass is 9.89. The molecule has 3 nitrogen and oxygen atoms in total. The predicted molar refractivity (Wildman–Crippen MR) is 54.1 cm³/mol. The first-order chi connectivity index (χ1) is 6.58. The summed E-state index contributed by atoms with van der Waals surface area (Å²) >= 11 is 0. The van der Waals surface area contributed by atoms with Gasteiger partial charge in [-0.2, -0.15) is 0 Å². The minimum absolute atomic E-state index is 0.0741. The fourth-order valence-electron chi connectivity index (χ4n) is 1.84. The van der Waals surface area contributed by atoms with Crippen molar-refractivity contribution in [1.29, 1.82) is 0 Å². The molecule has 0 spiro atoms. The Morgan fingerprint density at radius 2 is 2.07 bits per heavy atom. The maximum atomic E-state index is 11.2. The molecule has 1 aliphatic carbocycles. The lowest BCUT2D eigenvalue weighted by Crippen LogP contribution is -2.26. The topological polar surface area (TPSA) is 35.5 Å². The van der Waals surface area contributed by atoms with E-state index in [-0.39, 0.29) is 12.2 Å². The molecule has 0 aromatic carbocycles. The van der Waals surface area contributed by atoms with E-state index in [9.17, 15) is 4.79 Å². The summed E-state index contributed by atoms with van der Waals surface area (Å²) in [5.41, 5.74) is 0. The van der Waals surface area contributed by atoms with Gasteiger partial charge < -0.3 is 9.47 Å². The van der Waals surface area contributed by atoms with E-state index in [1.54, 1.807) is 0 Å². The van der Waals surface area contributed by atoms with Crippen LogP contribution in [-0.4, -0.2) is 18.4 Å². The summed E-state index contributed by atoms with van der Waals surface area (Å²) in [6.45, 7) is 5.85. The Morgan fingerprint density at radius 1 is 1.36 bits per heavy atom. The molecule has 1 rings (SSSR count). The third-order valence-electron chi connectivity index (χ3n) is 2.48. The smallest absolute Gasteiger partial charge is 0.432 e. The van der Waals surface area contributed by atoms with E-state index in [1.807, 2.05) is 13.8 Å². The lowest BCUT2D eigenvalue weighted by Gasteiger charge is -2.26. The lowest BCUT2D eigenvalue weighted by molar-refractivity contribution is -0.00887. The first-order valence-corrected chi connectivity index (χ1v) is 5.45. The highest BCUT2D eigenvalue weighted by molar-refractivity contribution is 5.60. The molecule has 1 unspecified atom stereocenters. The van der Waals surface area contributed by atoms with Gasteiger partial charge in [0.1, 0.15) is 6.10 Å². The molecule has 1 saturated carbocycles. The van der Waals surface area contributed by atoms with E-state index in [0.717, 1.165) is 19.3 Å². The summed E-state index contributed by atoms with van der Waals surface area (Å²) in [5, 5.41) is 0. The van der Waals surface area contributed by atoms with Crippen LogP contribution < -0.4 is 0 Å². The third-order valence-corrected chi connectivity index (χ3v) is 2.48. The minimum atomic E-state index is -0.515. The second-order valence-electron chi connectivity index (χ2n) is 4.43. The first-order valence-electron chi connectivity index (χ1n) is 5.45. The summed E-state index contributed by atoms with van der Waals surface area (Å²) in [6.07, 6.45) is 3.83. The Kier molecular flexibility index (Phi) is 4.23. The van der Waals surface area contributed by atoms with Crippen molar-refractivity contribution in [2.24, 2.45) is 5.92 Å². The van der Waals surface area contributed by atoms with Crippen LogP contribution in [0.3, 0.4) is 0 Å². The molecule has 1 aliphatic rings. The quantitative estimate of drug-likeness (QED) is 0.642. The van der Waals surface area contributed by atoms with E-state index >= 15 is 0 Å². The highest BCUT2D eigenvalue weighted by Gasteiger charge is 2.22. The van der Waals surface area contributed by atoms with Crippen molar-refractivity contribution in [2.75, 3.05) is 0 Å². The van der Waals surface area contributed by atoms with Crippen LogP contribution in [0.15, 0.2) is 0 Å². The van der Waals surface area contributed by atoms with E-state index < -0.39 is 6.16 Å². The Morgan fingerprint density at radius 3 is 2.64 bits per heavy atom. The van der Waals surface area contributed by atoms with E-state index in [1.165, 1.54) is 6.42 Å². The number of carbonyl (C=O) groups is 1. The number of ether oxygens (including phenoxy) is 2. The van der Waals surface area contributed by atoms with Crippen LogP contribution in [0.25, 0.3) is 0 Å². The normalized spacial score (nSPS) is 27.4. The van der Waals surface area contributed by atoms with Gasteiger partial charge in [-0.3, -0.25) is 0 Å². The van der Waals surface area contributed by atoms with Crippen molar-refractivity contribution in [1.82, 2.24) is 0 Å². The van der Waals surface area contributed by atoms with Crippen molar-refractivity contribution >= 4 is 6.16 Å². The van der Waals surface area contributed by atoms with E-state index in [2.05, 4.69) is 6.92 Å². The summed E-state index contributed by atoms with van der Waals surface area (Å²) in [5.74, 6) is 0.667. The van der Waals surface area contributed by atoms with E-state index in [0.29, 0.717) is 5.92 Å². The Labute approximate surface area is 85.8 Å². The second-order valence-corrected chi connectivity index (χ2v) is 4.43. The van der Waals surface area contributed by atoms with Gasteiger partial charge in [0.15, 0.2) is 0 Å². The predicted octanol–water partition coefficient (Wildman–Crippen LogP) is 3.13. The molecule has 0 bridgehead atoms. The molecule has 0 aliphatic heterocycles. The maximum absolute atomic E-state index is 11.2. The Bertz CT molecular complexity index is 189. The van der Waals surface area contributed by atoms with Gasteiger partial charge in [0.2, 0.25) is 0 Å². The molecule has 3 heteroatoms. The molecular formula is C11H20O3.